The van der Waals surface area contributed by atoms with Crippen LogP contribution in [0.15, 0.2) is 54.6 Å². The Morgan fingerprint density at radius 3 is 2.32 bits per heavy atom. The molecule has 0 spiro atoms. The Labute approximate surface area is 171 Å². The molecule has 1 aromatic heterocycles. The van der Waals surface area contributed by atoms with Gasteiger partial charge in [0.25, 0.3) is 0 Å². The summed E-state index contributed by atoms with van der Waals surface area (Å²) >= 11 is 7.30. The third kappa shape index (κ3) is 4.94. The second kappa shape index (κ2) is 9.43. The van der Waals surface area contributed by atoms with E-state index < -0.39 is 0 Å². The van der Waals surface area contributed by atoms with Crippen LogP contribution in [0.3, 0.4) is 0 Å². The van der Waals surface area contributed by atoms with Crippen molar-refractivity contribution in [2.45, 2.75) is 5.75 Å². The summed E-state index contributed by atoms with van der Waals surface area (Å²) in [7, 11) is 2.96. The number of para-hydroxylation sites is 1. The van der Waals surface area contributed by atoms with Crippen LogP contribution in [0.25, 0.3) is 0 Å². The molecule has 0 aliphatic carbocycles. The summed E-state index contributed by atoms with van der Waals surface area (Å²) in [4.78, 5) is 21.0. The van der Waals surface area contributed by atoms with Gasteiger partial charge in [-0.25, -0.2) is 0 Å². The molecule has 0 aliphatic heterocycles. The summed E-state index contributed by atoms with van der Waals surface area (Å²) in [6, 6.07) is 15.9. The lowest BCUT2D eigenvalue weighted by molar-refractivity contribution is 0.108. The molecule has 0 atom stereocenters. The number of carbonyl (C=O) groups excluding carboxylic acids is 1. The molecule has 0 saturated heterocycles. The molecule has 0 fully saturated rings. The number of rotatable bonds is 7. The van der Waals surface area contributed by atoms with Gasteiger partial charge in [0, 0.05) is 10.8 Å². The van der Waals surface area contributed by atoms with Crippen LogP contribution >= 0.6 is 23.4 Å². The van der Waals surface area contributed by atoms with Crippen molar-refractivity contribution in [1.29, 1.82) is 0 Å². The molecule has 2 aromatic carbocycles. The Bertz CT molecular complexity index is 962. The molecule has 0 N–H and O–H groups in total. The first-order valence-corrected chi connectivity index (χ1v) is 9.61. The molecule has 0 unspecified atom stereocenters. The zero-order valence-electron chi connectivity index (χ0n) is 15.2. The topological polar surface area (TPSA) is 70.5 Å². The maximum atomic E-state index is 12.7. The maximum Gasteiger partial charge on any atom is 0.328 e. The average Bonchev–Trinajstić information content (AvgIpc) is 2.73. The van der Waals surface area contributed by atoms with E-state index in [9.17, 15) is 4.79 Å². The number of hydrogen-bond acceptors (Lipinski definition) is 7. The van der Waals surface area contributed by atoms with E-state index in [0.29, 0.717) is 33.8 Å². The zero-order valence-corrected chi connectivity index (χ0v) is 16.8. The molecule has 0 amide bonds. The Hall–Kier alpha value is -2.77. The number of halogens is 1. The van der Waals surface area contributed by atoms with Crippen molar-refractivity contribution in [1.82, 2.24) is 9.97 Å². The smallest absolute Gasteiger partial charge is 0.328 e. The summed E-state index contributed by atoms with van der Waals surface area (Å²) < 4.78 is 16.0. The first-order chi connectivity index (χ1) is 13.6. The largest absolute Gasteiger partial charge is 0.481 e. The number of hydrogen-bond donors (Lipinski definition) is 0. The van der Waals surface area contributed by atoms with Crippen LogP contribution < -0.4 is 14.2 Å². The van der Waals surface area contributed by atoms with Crippen LogP contribution in [0.4, 0.5) is 0 Å². The van der Waals surface area contributed by atoms with Gasteiger partial charge in [0.2, 0.25) is 16.9 Å². The molecule has 8 heteroatoms. The van der Waals surface area contributed by atoms with Crippen LogP contribution in [-0.2, 0) is 5.75 Å². The Kier molecular flexibility index (Phi) is 6.73. The van der Waals surface area contributed by atoms with Crippen molar-refractivity contribution in [3.63, 3.8) is 0 Å². The number of thioether (sulfide) groups is 1. The van der Waals surface area contributed by atoms with Crippen molar-refractivity contribution >= 4 is 28.5 Å². The minimum Gasteiger partial charge on any atom is -0.481 e. The van der Waals surface area contributed by atoms with Crippen LogP contribution in [-0.4, -0.2) is 29.3 Å². The van der Waals surface area contributed by atoms with Gasteiger partial charge in [0.05, 0.1) is 25.8 Å². The van der Waals surface area contributed by atoms with E-state index in [1.807, 2.05) is 18.2 Å². The van der Waals surface area contributed by atoms with E-state index in [1.165, 1.54) is 20.3 Å². The van der Waals surface area contributed by atoms with E-state index in [1.54, 1.807) is 30.3 Å². The van der Waals surface area contributed by atoms with E-state index >= 15 is 0 Å². The van der Waals surface area contributed by atoms with E-state index in [4.69, 9.17) is 25.8 Å². The highest BCUT2D eigenvalue weighted by Gasteiger charge is 2.16. The van der Waals surface area contributed by atoms with Crippen molar-refractivity contribution in [2.75, 3.05) is 14.2 Å². The number of methoxy groups -OCH3 is 2. The van der Waals surface area contributed by atoms with Gasteiger partial charge in [-0.05, 0) is 23.8 Å². The summed E-state index contributed by atoms with van der Waals surface area (Å²) in [5, 5.41) is 0.481. The van der Waals surface area contributed by atoms with Gasteiger partial charge in [-0.15, -0.1) is 0 Å². The molecule has 0 radical (unpaired) electrons. The van der Waals surface area contributed by atoms with E-state index in [-0.39, 0.29) is 11.1 Å². The van der Waals surface area contributed by atoms with E-state index in [0.717, 1.165) is 17.3 Å². The minimum absolute atomic E-state index is 0.0209. The van der Waals surface area contributed by atoms with Crippen molar-refractivity contribution in [2.24, 2.45) is 0 Å². The highest BCUT2D eigenvalue weighted by molar-refractivity contribution is 8.13. The van der Waals surface area contributed by atoms with E-state index in [2.05, 4.69) is 9.97 Å². The molecule has 28 heavy (non-hydrogen) atoms. The molecule has 3 aromatic rings. The highest BCUT2D eigenvalue weighted by atomic mass is 35.5. The normalized spacial score (nSPS) is 10.4. The first kappa shape index (κ1) is 20.0. The summed E-state index contributed by atoms with van der Waals surface area (Å²) in [5.41, 5.74) is 1.30. The maximum absolute atomic E-state index is 12.7. The molecule has 0 aliphatic rings. The SMILES string of the molecule is COc1cc(OC)nc(Oc2ccccc2C(=O)SCc2ccccc2Cl)n1. The van der Waals surface area contributed by atoms with Gasteiger partial charge < -0.3 is 14.2 Å². The van der Waals surface area contributed by atoms with Crippen LogP contribution in [0.2, 0.25) is 5.02 Å². The Morgan fingerprint density at radius 2 is 1.64 bits per heavy atom. The van der Waals surface area contributed by atoms with Gasteiger partial charge in [0.15, 0.2) is 0 Å². The fourth-order valence-electron chi connectivity index (χ4n) is 2.30. The summed E-state index contributed by atoms with van der Waals surface area (Å²) in [6.45, 7) is 0. The van der Waals surface area contributed by atoms with Crippen LogP contribution in [0.1, 0.15) is 15.9 Å². The zero-order chi connectivity index (χ0) is 19.9. The lowest BCUT2D eigenvalue weighted by Crippen LogP contribution is -2.02. The first-order valence-electron chi connectivity index (χ1n) is 8.25. The summed E-state index contributed by atoms with van der Waals surface area (Å²) in [6.07, 6.45) is 0. The third-order valence-corrected chi connectivity index (χ3v) is 5.01. The van der Waals surface area contributed by atoms with Crippen molar-refractivity contribution < 1.29 is 19.0 Å². The van der Waals surface area contributed by atoms with Crippen molar-refractivity contribution in [3.05, 3.63) is 70.7 Å². The van der Waals surface area contributed by atoms with Crippen molar-refractivity contribution in [3.8, 4) is 23.5 Å². The predicted octanol–water partition coefficient (Wildman–Crippen LogP) is 5.01. The molecular formula is C20H17ClN2O4S. The number of ether oxygens (including phenoxy) is 3. The predicted molar refractivity (Wildman–Crippen MR) is 109 cm³/mol. The molecule has 3 rings (SSSR count). The second-order valence-electron chi connectivity index (χ2n) is 5.50. The Morgan fingerprint density at radius 1 is 1.00 bits per heavy atom. The third-order valence-electron chi connectivity index (χ3n) is 3.70. The molecular weight excluding hydrogens is 400 g/mol. The quantitative estimate of drug-likeness (QED) is 0.535. The standard InChI is InChI=1S/C20H17ClN2O4S/c1-25-17-11-18(26-2)23-20(22-17)27-16-10-6-4-8-14(16)19(24)28-12-13-7-3-5-9-15(13)21/h3-11H,12H2,1-2H3. The lowest BCUT2D eigenvalue weighted by atomic mass is 10.2. The number of benzene rings is 2. The van der Waals surface area contributed by atoms with Crippen LogP contribution in [0.5, 0.6) is 23.5 Å². The molecule has 0 saturated carbocycles. The molecule has 1 heterocycles. The monoisotopic (exact) mass is 416 g/mol. The minimum atomic E-state index is -0.148. The number of nitrogens with zero attached hydrogens (tertiary/aromatic N) is 2. The molecule has 0 bridgehead atoms. The number of aromatic nitrogens is 2. The second-order valence-corrected chi connectivity index (χ2v) is 6.86. The summed E-state index contributed by atoms with van der Waals surface area (Å²) in [5.74, 6) is 1.38. The molecule has 6 nitrogen and oxygen atoms in total. The highest BCUT2D eigenvalue weighted by Crippen LogP contribution is 2.30. The van der Waals surface area contributed by atoms with Gasteiger partial charge >= 0.3 is 6.01 Å². The van der Waals surface area contributed by atoms with Gasteiger partial charge in [0.1, 0.15) is 5.75 Å². The Balaban J connectivity index is 1.79. The fourth-order valence-corrected chi connectivity index (χ4v) is 3.44. The average molecular weight is 417 g/mol. The molecule has 144 valence electrons. The van der Waals surface area contributed by atoms with Gasteiger partial charge in [-0.1, -0.05) is 53.7 Å². The van der Waals surface area contributed by atoms with Crippen LogP contribution in [0, 0.1) is 0 Å². The number of carbonyl (C=O) groups is 1. The van der Waals surface area contributed by atoms with Gasteiger partial charge in [-0.2, -0.15) is 9.97 Å². The fraction of sp³-hybridized carbons (Fsp3) is 0.150. The lowest BCUT2D eigenvalue weighted by Gasteiger charge is -2.10. The van der Waals surface area contributed by atoms with Gasteiger partial charge in [-0.3, -0.25) is 4.79 Å².